The van der Waals surface area contributed by atoms with Gasteiger partial charge in [-0.05, 0) is 34.2 Å². The number of anilines is 1. The minimum Gasteiger partial charge on any atom is -0.365 e. The van der Waals surface area contributed by atoms with Crippen LogP contribution in [-0.2, 0) is 4.79 Å². The number of benzene rings is 3. The number of fused-ring (bicyclic) bond motifs is 1. The van der Waals surface area contributed by atoms with Crippen LogP contribution in [-0.4, -0.2) is 60.5 Å². The highest BCUT2D eigenvalue weighted by molar-refractivity contribution is 5.92. The molecule has 0 radical (unpaired) electrons. The molecule has 1 aliphatic heterocycles. The van der Waals surface area contributed by atoms with Crippen LogP contribution in [0.25, 0.3) is 22.0 Å². The fourth-order valence-electron chi connectivity index (χ4n) is 4.83. The minimum absolute atomic E-state index is 0.125. The quantitative estimate of drug-likeness (QED) is 0.319. The number of aromatic nitrogens is 1. The molecule has 0 bridgehead atoms. The van der Waals surface area contributed by atoms with Crippen LogP contribution in [0.1, 0.15) is 11.1 Å². The Bertz CT molecular complexity index is 1400. The first-order valence-electron chi connectivity index (χ1n) is 12.7. The molecule has 5 nitrogen and oxygen atoms in total. The number of amides is 1. The van der Waals surface area contributed by atoms with E-state index in [1.54, 1.807) is 0 Å². The molecular weight excluding hydrogens is 456 g/mol. The van der Waals surface area contributed by atoms with Crippen LogP contribution in [0.15, 0.2) is 110 Å². The number of pyridine rings is 1. The third-order valence-electron chi connectivity index (χ3n) is 6.89. The second-order valence-corrected chi connectivity index (χ2v) is 9.37. The molecule has 1 aromatic heterocycles. The molecule has 2 heterocycles. The van der Waals surface area contributed by atoms with Crippen LogP contribution in [0.5, 0.6) is 0 Å². The van der Waals surface area contributed by atoms with E-state index in [9.17, 15) is 4.79 Å². The number of rotatable bonds is 7. The van der Waals surface area contributed by atoms with Crippen LogP contribution in [0.3, 0.4) is 0 Å². The van der Waals surface area contributed by atoms with E-state index in [0.29, 0.717) is 19.6 Å². The minimum atomic E-state index is 0.125. The Morgan fingerprint density at radius 2 is 1.49 bits per heavy atom. The highest BCUT2D eigenvalue weighted by Crippen LogP contribution is 2.26. The van der Waals surface area contributed by atoms with Gasteiger partial charge in [0.1, 0.15) is 5.82 Å². The molecule has 1 saturated heterocycles. The lowest BCUT2D eigenvalue weighted by Gasteiger charge is -2.37. The first-order chi connectivity index (χ1) is 18.1. The lowest BCUT2D eigenvalue weighted by Crippen LogP contribution is -2.51. The fourth-order valence-corrected chi connectivity index (χ4v) is 4.83. The zero-order valence-electron chi connectivity index (χ0n) is 21.3. The van der Waals surface area contributed by atoms with E-state index >= 15 is 0 Å². The molecule has 1 fully saturated rings. The lowest BCUT2D eigenvalue weighted by atomic mass is 10.0. The number of nitrogens with zero attached hydrogens (tertiary/aromatic N) is 4. The summed E-state index contributed by atoms with van der Waals surface area (Å²) in [6, 6.07) is 30.7. The average Bonchev–Trinajstić information content (AvgIpc) is 2.96. The standard InChI is InChI=1S/C32H32N4O/c1-25(26-11-5-3-6-12-26)23-30(28-14-7-4-8-15-28)34(2)24-31(37)35-19-21-36(22-20-35)32-29-16-10-9-13-27(29)17-18-33-32/h3-18,23H,1,19-22,24H2,2H3/b30-23-. The summed E-state index contributed by atoms with van der Waals surface area (Å²) in [6.45, 7) is 7.48. The highest BCUT2D eigenvalue weighted by Gasteiger charge is 2.24. The number of carbonyl (C=O) groups is 1. The Morgan fingerprint density at radius 3 is 2.19 bits per heavy atom. The first kappa shape index (κ1) is 24.3. The smallest absolute Gasteiger partial charge is 0.242 e. The summed E-state index contributed by atoms with van der Waals surface area (Å²) in [5, 5.41) is 2.34. The average molecular weight is 489 g/mol. The van der Waals surface area contributed by atoms with Gasteiger partial charge in [0.15, 0.2) is 0 Å². The molecule has 1 amide bonds. The zero-order valence-corrected chi connectivity index (χ0v) is 21.3. The SMILES string of the molecule is C=C(/C=C(/c1ccccc1)N(C)CC(=O)N1CCN(c2nccc3ccccc23)CC1)c1ccccc1. The van der Waals surface area contributed by atoms with E-state index in [-0.39, 0.29) is 5.91 Å². The van der Waals surface area contributed by atoms with Crippen molar-refractivity contribution in [2.75, 3.05) is 44.7 Å². The summed E-state index contributed by atoms with van der Waals surface area (Å²) in [4.78, 5) is 24.3. The Hall–Kier alpha value is -4.38. The topological polar surface area (TPSA) is 39.7 Å². The van der Waals surface area contributed by atoms with E-state index < -0.39 is 0 Å². The van der Waals surface area contributed by atoms with Gasteiger partial charge in [-0.3, -0.25) is 4.79 Å². The van der Waals surface area contributed by atoms with Crippen molar-refractivity contribution in [3.63, 3.8) is 0 Å². The number of carbonyl (C=O) groups excluding carboxylic acids is 1. The van der Waals surface area contributed by atoms with Crippen molar-refractivity contribution >= 4 is 33.8 Å². The number of hydrogen-bond acceptors (Lipinski definition) is 4. The van der Waals surface area contributed by atoms with Gasteiger partial charge >= 0.3 is 0 Å². The summed E-state index contributed by atoms with van der Waals surface area (Å²) >= 11 is 0. The first-order valence-corrected chi connectivity index (χ1v) is 12.7. The van der Waals surface area contributed by atoms with Crippen LogP contribution >= 0.6 is 0 Å². The fraction of sp³-hybridized carbons (Fsp3) is 0.188. The van der Waals surface area contributed by atoms with Crippen LogP contribution < -0.4 is 4.90 Å². The van der Waals surface area contributed by atoms with E-state index in [0.717, 1.165) is 46.7 Å². The van der Waals surface area contributed by atoms with Crippen molar-refractivity contribution in [3.05, 3.63) is 121 Å². The molecule has 0 aliphatic carbocycles. The van der Waals surface area contributed by atoms with Crippen molar-refractivity contribution < 1.29 is 4.79 Å². The molecule has 0 unspecified atom stereocenters. The molecule has 0 spiro atoms. The van der Waals surface area contributed by atoms with E-state index in [1.165, 1.54) is 5.39 Å². The van der Waals surface area contributed by atoms with Crippen molar-refractivity contribution in [2.24, 2.45) is 0 Å². The number of hydrogen-bond donors (Lipinski definition) is 0. The Balaban J connectivity index is 1.28. The Morgan fingerprint density at radius 1 is 0.865 bits per heavy atom. The molecule has 186 valence electrons. The third-order valence-corrected chi connectivity index (χ3v) is 6.89. The number of allylic oxidation sites excluding steroid dienone is 2. The maximum absolute atomic E-state index is 13.4. The molecule has 0 atom stereocenters. The zero-order chi connectivity index (χ0) is 25.6. The van der Waals surface area contributed by atoms with Crippen LogP contribution in [0, 0.1) is 0 Å². The van der Waals surface area contributed by atoms with E-state index in [1.807, 2.05) is 77.6 Å². The molecule has 3 aromatic carbocycles. The number of likely N-dealkylation sites (N-methyl/N-ethyl adjacent to an activating group) is 1. The van der Waals surface area contributed by atoms with Gasteiger partial charge in [-0.15, -0.1) is 0 Å². The lowest BCUT2D eigenvalue weighted by molar-refractivity contribution is -0.131. The maximum atomic E-state index is 13.4. The normalized spacial score (nSPS) is 14.0. The number of piperazine rings is 1. The van der Waals surface area contributed by atoms with Crippen molar-refractivity contribution in [1.82, 2.24) is 14.8 Å². The maximum Gasteiger partial charge on any atom is 0.242 e. The van der Waals surface area contributed by atoms with Crippen molar-refractivity contribution in [1.29, 1.82) is 0 Å². The third kappa shape index (κ3) is 5.56. The summed E-state index contributed by atoms with van der Waals surface area (Å²) in [7, 11) is 1.98. The van der Waals surface area contributed by atoms with Crippen LogP contribution in [0.2, 0.25) is 0 Å². The Labute approximate surface area is 219 Å². The monoisotopic (exact) mass is 488 g/mol. The van der Waals surface area contributed by atoms with Gasteiger partial charge in [-0.1, -0.05) is 91.5 Å². The second kappa shape index (κ2) is 11.1. The van der Waals surface area contributed by atoms with Gasteiger partial charge in [0, 0.05) is 50.5 Å². The molecule has 5 heteroatoms. The predicted molar refractivity (Wildman–Crippen MR) is 153 cm³/mol. The van der Waals surface area contributed by atoms with E-state index in [4.69, 9.17) is 0 Å². The molecule has 5 rings (SSSR count). The largest absolute Gasteiger partial charge is 0.365 e. The van der Waals surface area contributed by atoms with Crippen LogP contribution in [0.4, 0.5) is 5.82 Å². The molecule has 37 heavy (non-hydrogen) atoms. The summed E-state index contributed by atoms with van der Waals surface area (Å²) in [5.41, 5.74) is 4.01. The van der Waals surface area contributed by atoms with Gasteiger partial charge in [-0.25, -0.2) is 4.98 Å². The van der Waals surface area contributed by atoms with Gasteiger partial charge in [0.05, 0.1) is 6.54 Å². The highest BCUT2D eigenvalue weighted by atomic mass is 16.2. The van der Waals surface area contributed by atoms with Gasteiger partial charge in [0.25, 0.3) is 0 Å². The molecule has 1 aliphatic rings. The summed E-state index contributed by atoms with van der Waals surface area (Å²) in [5.74, 6) is 1.12. The molecule has 0 saturated carbocycles. The second-order valence-electron chi connectivity index (χ2n) is 9.37. The van der Waals surface area contributed by atoms with Gasteiger partial charge in [0.2, 0.25) is 5.91 Å². The van der Waals surface area contributed by atoms with Crippen molar-refractivity contribution in [3.8, 4) is 0 Å². The van der Waals surface area contributed by atoms with E-state index in [2.05, 4.69) is 58.9 Å². The molecule has 4 aromatic rings. The van der Waals surface area contributed by atoms with Crippen molar-refractivity contribution in [2.45, 2.75) is 0 Å². The molecule has 0 N–H and O–H groups in total. The predicted octanol–water partition coefficient (Wildman–Crippen LogP) is 5.57. The summed E-state index contributed by atoms with van der Waals surface area (Å²) < 4.78 is 0. The Kier molecular flexibility index (Phi) is 7.31. The van der Waals surface area contributed by atoms with Gasteiger partial charge < -0.3 is 14.7 Å². The molecular formula is C32H32N4O. The van der Waals surface area contributed by atoms with Gasteiger partial charge in [-0.2, -0.15) is 0 Å². The summed E-state index contributed by atoms with van der Waals surface area (Å²) in [6.07, 6.45) is 3.94.